The van der Waals surface area contributed by atoms with Crippen molar-refractivity contribution in [3.8, 4) is 11.5 Å². The van der Waals surface area contributed by atoms with Crippen LogP contribution in [0, 0.1) is 0 Å². The average molecular weight is 516 g/mol. The van der Waals surface area contributed by atoms with Crippen LogP contribution >= 0.6 is 35.3 Å². The van der Waals surface area contributed by atoms with Crippen molar-refractivity contribution in [3.63, 3.8) is 0 Å². The van der Waals surface area contributed by atoms with Crippen LogP contribution in [0.2, 0.25) is 0 Å². The van der Waals surface area contributed by atoms with E-state index in [0.29, 0.717) is 12.3 Å². The highest BCUT2D eigenvalue weighted by molar-refractivity contribution is 14.0. The molecule has 0 aliphatic carbocycles. The molecule has 0 unspecified atom stereocenters. The number of hydrogen-bond donors (Lipinski definition) is 2. The van der Waals surface area contributed by atoms with Crippen LogP contribution in [-0.4, -0.2) is 60.7 Å². The highest BCUT2D eigenvalue weighted by Gasteiger charge is 2.19. The lowest BCUT2D eigenvalue weighted by atomic mass is 10.2. The molecule has 1 aliphatic rings. The van der Waals surface area contributed by atoms with E-state index >= 15 is 0 Å². The Kier molecular flexibility index (Phi) is 9.33. The van der Waals surface area contributed by atoms with Gasteiger partial charge in [-0.3, -0.25) is 4.90 Å². The minimum Gasteiger partial charge on any atom is -0.504 e. The summed E-state index contributed by atoms with van der Waals surface area (Å²) in [6, 6.07) is 9.74. The molecule has 1 aromatic carbocycles. The van der Waals surface area contributed by atoms with Gasteiger partial charge in [0, 0.05) is 44.1 Å². The zero-order chi connectivity index (χ0) is 19.1. The molecule has 1 fully saturated rings. The van der Waals surface area contributed by atoms with E-state index in [4.69, 9.17) is 9.73 Å². The summed E-state index contributed by atoms with van der Waals surface area (Å²) in [4.78, 5) is 11.0. The molecule has 1 saturated heterocycles. The predicted octanol–water partition coefficient (Wildman–Crippen LogP) is 3.36. The molecule has 0 amide bonds. The first kappa shape index (κ1) is 22.8. The quantitative estimate of drug-likeness (QED) is 0.351. The zero-order valence-electron chi connectivity index (χ0n) is 16.4. The Morgan fingerprint density at radius 1 is 1.25 bits per heavy atom. The smallest absolute Gasteiger partial charge is 0.194 e. The van der Waals surface area contributed by atoms with Gasteiger partial charge in [-0.2, -0.15) is 0 Å². The van der Waals surface area contributed by atoms with E-state index in [1.54, 1.807) is 19.2 Å². The number of ether oxygens (including phenoxy) is 1. The van der Waals surface area contributed by atoms with Gasteiger partial charge in [0.2, 0.25) is 0 Å². The number of nitrogens with zero attached hydrogens (tertiary/aromatic N) is 3. The topological polar surface area (TPSA) is 60.3 Å². The number of aromatic hydroxyl groups is 1. The van der Waals surface area contributed by atoms with E-state index in [-0.39, 0.29) is 29.7 Å². The van der Waals surface area contributed by atoms with Crippen LogP contribution in [0.4, 0.5) is 0 Å². The first-order valence-corrected chi connectivity index (χ1v) is 10.2. The number of methoxy groups -OCH3 is 1. The SMILES string of the molecule is CCNC(=NCc1ccc(OC)c(O)c1)N1CCN(Cc2cccs2)CC1.I. The highest BCUT2D eigenvalue weighted by atomic mass is 127. The molecule has 0 bridgehead atoms. The number of phenols is 1. The van der Waals surface area contributed by atoms with E-state index in [0.717, 1.165) is 50.8 Å². The Morgan fingerprint density at radius 3 is 2.64 bits per heavy atom. The van der Waals surface area contributed by atoms with Crippen LogP contribution < -0.4 is 10.1 Å². The zero-order valence-corrected chi connectivity index (χ0v) is 19.6. The standard InChI is InChI=1S/C20H28N4O2S.HI/c1-3-21-20(22-14-16-6-7-19(26-2)18(25)13-16)24-10-8-23(9-11-24)15-17-5-4-12-27-17;/h4-7,12-13,25H,3,8-11,14-15H2,1-2H3,(H,21,22);1H. The van der Waals surface area contributed by atoms with Crippen molar-refractivity contribution in [1.82, 2.24) is 15.1 Å². The maximum Gasteiger partial charge on any atom is 0.194 e. The molecule has 2 aromatic rings. The van der Waals surface area contributed by atoms with Crippen LogP contribution in [0.3, 0.4) is 0 Å². The lowest BCUT2D eigenvalue weighted by Crippen LogP contribution is -2.52. The fourth-order valence-electron chi connectivity index (χ4n) is 3.17. The van der Waals surface area contributed by atoms with Crippen LogP contribution in [0.15, 0.2) is 40.7 Å². The molecule has 1 aliphatic heterocycles. The number of phenolic OH excluding ortho intramolecular Hbond substituents is 1. The molecule has 0 atom stereocenters. The van der Waals surface area contributed by atoms with E-state index in [2.05, 4.69) is 39.6 Å². The molecule has 3 rings (SSSR count). The van der Waals surface area contributed by atoms with Crippen molar-refractivity contribution in [2.45, 2.75) is 20.0 Å². The largest absolute Gasteiger partial charge is 0.504 e. The molecular weight excluding hydrogens is 487 g/mol. The monoisotopic (exact) mass is 516 g/mol. The number of rotatable bonds is 6. The normalized spacial score (nSPS) is 15.2. The number of nitrogens with one attached hydrogen (secondary N) is 1. The third-order valence-electron chi connectivity index (χ3n) is 4.62. The van der Waals surface area contributed by atoms with Gasteiger partial charge < -0.3 is 20.1 Å². The predicted molar refractivity (Wildman–Crippen MR) is 126 cm³/mol. The maximum atomic E-state index is 9.94. The first-order chi connectivity index (χ1) is 13.2. The van der Waals surface area contributed by atoms with Crippen molar-refractivity contribution in [3.05, 3.63) is 46.2 Å². The van der Waals surface area contributed by atoms with Gasteiger partial charge in [0.05, 0.1) is 13.7 Å². The lowest BCUT2D eigenvalue weighted by molar-refractivity contribution is 0.173. The second-order valence-corrected chi connectivity index (χ2v) is 7.55. The molecule has 28 heavy (non-hydrogen) atoms. The number of aliphatic imine (C=N–C) groups is 1. The van der Waals surface area contributed by atoms with Crippen molar-refractivity contribution < 1.29 is 9.84 Å². The van der Waals surface area contributed by atoms with Crippen LogP contribution in [0.1, 0.15) is 17.4 Å². The summed E-state index contributed by atoms with van der Waals surface area (Å²) < 4.78 is 5.10. The molecule has 6 nitrogen and oxygen atoms in total. The molecule has 0 spiro atoms. The third kappa shape index (κ3) is 6.25. The van der Waals surface area contributed by atoms with Crippen LogP contribution in [-0.2, 0) is 13.1 Å². The minimum atomic E-state index is 0. The average Bonchev–Trinajstić information content (AvgIpc) is 3.19. The van der Waals surface area contributed by atoms with Gasteiger partial charge in [-0.15, -0.1) is 35.3 Å². The second-order valence-electron chi connectivity index (χ2n) is 6.52. The Balaban J connectivity index is 0.00000280. The molecular formula is C20H29IN4O2S. The summed E-state index contributed by atoms with van der Waals surface area (Å²) in [7, 11) is 1.55. The highest BCUT2D eigenvalue weighted by Crippen LogP contribution is 2.26. The fraction of sp³-hybridized carbons (Fsp3) is 0.450. The Morgan fingerprint density at radius 2 is 2.04 bits per heavy atom. The van der Waals surface area contributed by atoms with Crippen molar-refractivity contribution >= 4 is 41.3 Å². The van der Waals surface area contributed by atoms with Crippen molar-refractivity contribution in [2.75, 3.05) is 39.8 Å². The summed E-state index contributed by atoms with van der Waals surface area (Å²) in [5.74, 6) is 1.57. The Hall–Kier alpha value is -1.52. The lowest BCUT2D eigenvalue weighted by Gasteiger charge is -2.36. The van der Waals surface area contributed by atoms with E-state index in [1.807, 2.05) is 17.4 Å². The van der Waals surface area contributed by atoms with Gasteiger partial charge in [0.1, 0.15) is 0 Å². The molecule has 8 heteroatoms. The van der Waals surface area contributed by atoms with Gasteiger partial charge in [-0.05, 0) is 36.1 Å². The summed E-state index contributed by atoms with van der Waals surface area (Å²) in [6.07, 6.45) is 0. The number of hydrogen-bond acceptors (Lipinski definition) is 5. The van der Waals surface area contributed by atoms with Crippen LogP contribution in [0.25, 0.3) is 0 Å². The first-order valence-electron chi connectivity index (χ1n) is 9.33. The number of guanidine groups is 1. The molecule has 0 saturated carbocycles. The van der Waals surface area contributed by atoms with Crippen LogP contribution in [0.5, 0.6) is 11.5 Å². The van der Waals surface area contributed by atoms with E-state index in [1.165, 1.54) is 4.88 Å². The summed E-state index contributed by atoms with van der Waals surface area (Å²) in [5.41, 5.74) is 0.958. The van der Waals surface area contributed by atoms with Gasteiger partial charge in [-0.1, -0.05) is 12.1 Å². The molecule has 1 aromatic heterocycles. The van der Waals surface area contributed by atoms with Gasteiger partial charge in [0.15, 0.2) is 17.5 Å². The minimum absolute atomic E-state index is 0. The van der Waals surface area contributed by atoms with Crippen molar-refractivity contribution in [2.24, 2.45) is 4.99 Å². The van der Waals surface area contributed by atoms with Gasteiger partial charge in [-0.25, -0.2) is 4.99 Å². The van der Waals surface area contributed by atoms with Gasteiger partial charge in [0.25, 0.3) is 0 Å². The fourth-order valence-corrected chi connectivity index (χ4v) is 3.91. The summed E-state index contributed by atoms with van der Waals surface area (Å²) in [6.45, 7) is 8.47. The number of piperazine rings is 1. The molecule has 2 heterocycles. The summed E-state index contributed by atoms with van der Waals surface area (Å²) >= 11 is 1.82. The van der Waals surface area contributed by atoms with Gasteiger partial charge >= 0.3 is 0 Å². The Labute approximate surface area is 188 Å². The number of thiophene rings is 1. The van der Waals surface area contributed by atoms with E-state index in [9.17, 15) is 5.11 Å². The van der Waals surface area contributed by atoms with E-state index < -0.39 is 0 Å². The number of halogens is 1. The van der Waals surface area contributed by atoms with Crippen molar-refractivity contribution in [1.29, 1.82) is 0 Å². The second kappa shape index (κ2) is 11.5. The molecule has 154 valence electrons. The maximum absolute atomic E-state index is 9.94. The summed E-state index contributed by atoms with van der Waals surface area (Å²) in [5, 5.41) is 15.5. The number of benzene rings is 1. The molecule has 2 N–H and O–H groups in total. The molecule has 0 radical (unpaired) electrons. The third-order valence-corrected chi connectivity index (χ3v) is 5.48. The Bertz CT molecular complexity index is 747.